The standard InChI is InChI=1S/C25H30BrNO2/c1-3-4-8-20-11-13-22(14-12-20)27-16-19(2)15-23(26)25(28)24(17-27)29-18-21-9-6-5-7-10-21/h5-7,9-14,17,19,23H,3-4,8,15-16,18H2,1-2H3. The molecule has 0 saturated heterocycles. The number of hydrogen-bond donors (Lipinski definition) is 0. The lowest BCUT2D eigenvalue weighted by atomic mass is 9.99. The summed E-state index contributed by atoms with van der Waals surface area (Å²) in [5.41, 5.74) is 3.50. The van der Waals surface area contributed by atoms with Crippen molar-refractivity contribution in [2.75, 3.05) is 11.4 Å². The third-order valence-corrected chi connectivity index (χ3v) is 6.03. The highest BCUT2D eigenvalue weighted by Gasteiger charge is 2.27. The highest BCUT2D eigenvalue weighted by Crippen LogP contribution is 2.27. The molecule has 1 aliphatic rings. The van der Waals surface area contributed by atoms with Crippen LogP contribution >= 0.6 is 15.9 Å². The first-order valence-electron chi connectivity index (χ1n) is 10.5. The second kappa shape index (κ2) is 10.6. The monoisotopic (exact) mass is 455 g/mol. The summed E-state index contributed by atoms with van der Waals surface area (Å²) < 4.78 is 5.99. The molecule has 0 saturated carbocycles. The van der Waals surface area contributed by atoms with Gasteiger partial charge in [0.05, 0.1) is 11.0 Å². The molecule has 0 fully saturated rings. The van der Waals surface area contributed by atoms with Crippen LogP contribution in [0, 0.1) is 5.92 Å². The molecule has 0 spiro atoms. The van der Waals surface area contributed by atoms with Crippen LogP contribution in [-0.4, -0.2) is 17.2 Å². The van der Waals surface area contributed by atoms with Gasteiger partial charge in [-0.2, -0.15) is 0 Å². The van der Waals surface area contributed by atoms with Crippen LogP contribution in [-0.2, 0) is 22.6 Å². The molecular weight excluding hydrogens is 426 g/mol. The molecule has 2 aromatic rings. The first kappa shape index (κ1) is 21.6. The number of carbonyl (C=O) groups excluding carboxylic acids is 1. The Morgan fingerprint density at radius 2 is 1.79 bits per heavy atom. The number of unbranched alkanes of at least 4 members (excludes halogenated alkanes) is 1. The van der Waals surface area contributed by atoms with E-state index in [9.17, 15) is 4.79 Å². The number of hydrogen-bond acceptors (Lipinski definition) is 3. The van der Waals surface area contributed by atoms with E-state index in [4.69, 9.17) is 4.74 Å². The van der Waals surface area contributed by atoms with Gasteiger partial charge >= 0.3 is 0 Å². The zero-order valence-electron chi connectivity index (χ0n) is 17.3. The SMILES string of the molecule is CCCCc1ccc(N2C=C(OCc3ccccc3)C(=O)C(Br)CC(C)C2)cc1. The Morgan fingerprint density at radius 1 is 1.07 bits per heavy atom. The predicted octanol–water partition coefficient (Wildman–Crippen LogP) is 6.27. The normalized spacial score (nSPS) is 20.0. The molecule has 0 aromatic heterocycles. The van der Waals surface area contributed by atoms with Crippen molar-refractivity contribution >= 4 is 27.4 Å². The van der Waals surface area contributed by atoms with Crippen LogP contribution in [0.25, 0.3) is 0 Å². The number of carbonyl (C=O) groups is 1. The van der Waals surface area contributed by atoms with Crippen molar-refractivity contribution in [1.82, 2.24) is 0 Å². The molecule has 0 N–H and O–H groups in total. The lowest BCUT2D eigenvalue weighted by Gasteiger charge is -2.29. The number of nitrogens with zero attached hydrogens (tertiary/aromatic N) is 1. The second-order valence-electron chi connectivity index (χ2n) is 7.86. The van der Waals surface area contributed by atoms with Gasteiger partial charge in [-0.25, -0.2) is 0 Å². The van der Waals surface area contributed by atoms with Crippen molar-refractivity contribution < 1.29 is 9.53 Å². The van der Waals surface area contributed by atoms with Crippen LogP contribution in [0.4, 0.5) is 5.69 Å². The Labute approximate surface area is 182 Å². The Balaban J connectivity index is 1.82. The topological polar surface area (TPSA) is 29.5 Å². The summed E-state index contributed by atoms with van der Waals surface area (Å²) in [7, 11) is 0. The van der Waals surface area contributed by atoms with Gasteiger partial charge < -0.3 is 9.64 Å². The van der Waals surface area contributed by atoms with Crippen molar-refractivity contribution in [3.05, 3.63) is 77.7 Å². The molecule has 0 aliphatic carbocycles. The van der Waals surface area contributed by atoms with Gasteiger partial charge in [-0.3, -0.25) is 4.79 Å². The van der Waals surface area contributed by atoms with E-state index in [0.29, 0.717) is 18.3 Å². The van der Waals surface area contributed by atoms with E-state index in [0.717, 1.165) is 30.6 Å². The minimum absolute atomic E-state index is 0.0112. The molecule has 0 bridgehead atoms. The van der Waals surface area contributed by atoms with Crippen molar-refractivity contribution in [1.29, 1.82) is 0 Å². The molecule has 2 unspecified atom stereocenters. The summed E-state index contributed by atoms with van der Waals surface area (Å²) in [5.74, 6) is 0.810. The van der Waals surface area contributed by atoms with Crippen molar-refractivity contribution in [2.45, 2.75) is 51.0 Å². The fourth-order valence-electron chi connectivity index (χ4n) is 3.54. The number of rotatable bonds is 7. The second-order valence-corrected chi connectivity index (χ2v) is 8.97. The summed E-state index contributed by atoms with van der Waals surface area (Å²) >= 11 is 3.57. The van der Waals surface area contributed by atoms with Crippen LogP contribution in [0.1, 0.15) is 44.2 Å². The van der Waals surface area contributed by atoms with E-state index in [1.54, 1.807) is 0 Å². The van der Waals surface area contributed by atoms with Crippen LogP contribution < -0.4 is 4.90 Å². The molecule has 3 rings (SSSR count). The largest absolute Gasteiger partial charge is 0.484 e. The number of alkyl halides is 1. The number of benzene rings is 2. The van der Waals surface area contributed by atoms with Crippen LogP contribution in [0.2, 0.25) is 0 Å². The molecule has 2 atom stereocenters. The number of Topliss-reactive ketones (excluding diaryl/α,β-unsaturated/α-hetero) is 1. The van der Waals surface area contributed by atoms with E-state index in [1.807, 2.05) is 36.5 Å². The maximum Gasteiger partial charge on any atom is 0.212 e. The number of anilines is 1. The van der Waals surface area contributed by atoms with Crippen molar-refractivity contribution in [3.63, 3.8) is 0 Å². The first-order valence-corrected chi connectivity index (χ1v) is 11.4. The molecule has 0 radical (unpaired) electrons. The minimum Gasteiger partial charge on any atom is -0.484 e. The Morgan fingerprint density at radius 3 is 2.48 bits per heavy atom. The quantitative estimate of drug-likeness (QED) is 0.460. The zero-order chi connectivity index (χ0) is 20.6. The molecule has 154 valence electrons. The summed E-state index contributed by atoms with van der Waals surface area (Å²) in [5, 5.41) is 0. The highest BCUT2D eigenvalue weighted by molar-refractivity contribution is 9.10. The summed E-state index contributed by atoms with van der Waals surface area (Å²) in [6.45, 7) is 5.64. The minimum atomic E-state index is -0.210. The number of aryl methyl sites for hydroxylation is 1. The van der Waals surface area contributed by atoms with Crippen molar-refractivity contribution in [2.24, 2.45) is 5.92 Å². The molecule has 1 aliphatic heterocycles. The summed E-state index contributed by atoms with van der Waals surface area (Å²) in [6, 6.07) is 18.7. The van der Waals surface area contributed by atoms with E-state index < -0.39 is 0 Å². The van der Waals surface area contributed by atoms with Gasteiger partial charge in [0.25, 0.3) is 0 Å². The molecule has 0 amide bonds. The maximum absolute atomic E-state index is 12.9. The first-order chi connectivity index (χ1) is 14.1. The average Bonchev–Trinajstić information content (AvgIpc) is 2.74. The number of allylic oxidation sites excluding steroid dienone is 1. The van der Waals surface area contributed by atoms with E-state index in [2.05, 4.69) is 58.9 Å². The molecule has 2 aromatic carbocycles. The van der Waals surface area contributed by atoms with Gasteiger partial charge in [0.15, 0.2) is 5.76 Å². The van der Waals surface area contributed by atoms with Crippen LogP contribution in [0.5, 0.6) is 0 Å². The fraction of sp³-hybridized carbons (Fsp3) is 0.400. The molecule has 1 heterocycles. The summed E-state index contributed by atoms with van der Waals surface area (Å²) in [6.07, 6.45) is 6.19. The van der Waals surface area contributed by atoms with E-state index in [1.165, 1.54) is 18.4 Å². The Bertz CT molecular complexity index is 816. The van der Waals surface area contributed by atoms with Gasteiger partial charge in [0.1, 0.15) is 6.61 Å². The van der Waals surface area contributed by atoms with E-state index in [-0.39, 0.29) is 10.6 Å². The number of halogens is 1. The Kier molecular flexibility index (Phi) is 7.93. The molecular formula is C25H30BrNO2. The molecule has 3 nitrogen and oxygen atoms in total. The smallest absolute Gasteiger partial charge is 0.212 e. The third kappa shape index (κ3) is 6.20. The van der Waals surface area contributed by atoms with Gasteiger partial charge in [0.2, 0.25) is 5.78 Å². The highest BCUT2D eigenvalue weighted by atomic mass is 79.9. The van der Waals surface area contributed by atoms with E-state index >= 15 is 0 Å². The van der Waals surface area contributed by atoms with Crippen LogP contribution in [0.15, 0.2) is 66.6 Å². The average molecular weight is 456 g/mol. The van der Waals surface area contributed by atoms with Gasteiger partial charge in [0, 0.05) is 12.2 Å². The van der Waals surface area contributed by atoms with Gasteiger partial charge in [-0.1, -0.05) is 78.7 Å². The maximum atomic E-state index is 12.9. The zero-order valence-corrected chi connectivity index (χ0v) is 18.9. The molecule has 29 heavy (non-hydrogen) atoms. The number of ketones is 1. The lowest BCUT2D eigenvalue weighted by Crippen LogP contribution is -2.32. The lowest BCUT2D eigenvalue weighted by molar-refractivity contribution is -0.118. The summed E-state index contributed by atoms with van der Waals surface area (Å²) in [4.78, 5) is 14.9. The Hall–Kier alpha value is -2.07. The van der Waals surface area contributed by atoms with Gasteiger partial charge in [-0.05, 0) is 48.4 Å². The fourth-order valence-corrected chi connectivity index (χ4v) is 4.41. The third-order valence-electron chi connectivity index (χ3n) is 5.24. The number of ether oxygens (including phenoxy) is 1. The van der Waals surface area contributed by atoms with Crippen molar-refractivity contribution in [3.8, 4) is 0 Å². The van der Waals surface area contributed by atoms with Crippen LogP contribution in [0.3, 0.4) is 0 Å². The predicted molar refractivity (Wildman–Crippen MR) is 123 cm³/mol. The van der Waals surface area contributed by atoms with Gasteiger partial charge in [-0.15, -0.1) is 0 Å². The molecule has 4 heteroatoms.